The van der Waals surface area contributed by atoms with Gasteiger partial charge in [0.25, 0.3) is 0 Å². The van der Waals surface area contributed by atoms with Gasteiger partial charge in [-0.2, -0.15) is 0 Å². The number of nitrogens with one attached hydrogen (secondary N) is 2. The molecule has 0 saturated heterocycles. The minimum atomic E-state index is -2.00. The Bertz CT molecular complexity index is 4350. The van der Waals surface area contributed by atoms with Gasteiger partial charge in [-0.1, -0.05) is 100 Å². The third kappa shape index (κ3) is 30.6. The number of carboxylic acid groups (broad SMARTS) is 1. The van der Waals surface area contributed by atoms with Crippen molar-refractivity contribution in [2.24, 2.45) is 82.1 Å². The number of aliphatic hydroxyl groups is 17. The number of rotatable bonds is 26. The molecule has 41 heteroatoms. The topological polar surface area (TPSA) is 685 Å². The number of hydrogen-bond acceptors (Lipinski definition) is 25. The van der Waals surface area contributed by atoms with E-state index in [0.29, 0.717) is 40.4 Å². The zero-order valence-corrected chi connectivity index (χ0v) is 64.9. The highest BCUT2D eigenvalue weighted by Crippen LogP contribution is 2.27. The molecule has 0 radical (unpaired) electrons. The summed E-state index contributed by atoms with van der Waals surface area (Å²) < 4.78 is 0. The fourth-order valence-corrected chi connectivity index (χ4v) is 13.3. The van der Waals surface area contributed by atoms with Crippen molar-refractivity contribution in [1.82, 2.24) is 15.0 Å². The van der Waals surface area contributed by atoms with Crippen molar-refractivity contribution in [2.45, 2.75) is 182 Å². The molecule has 6 rings (SSSR count). The van der Waals surface area contributed by atoms with Gasteiger partial charge in [-0.05, 0) is 95.1 Å². The summed E-state index contributed by atoms with van der Waals surface area (Å²) in [4.78, 5) is 79.1. The second-order valence-corrected chi connectivity index (χ2v) is 29.1. The first-order valence-corrected chi connectivity index (χ1v) is 39.0. The van der Waals surface area contributed by atoms with Gasteiger partial charge >= 0.3 is 5.97 Å². The molecule has 5 aromatic rings. The van der Waals surface area contributed by atoms with Gasteiger partial charge in [-0.3, -0.25) is 15.4 Å². The van der Waals surface area contributed by atoms with Gasteiger partial charge in [0.05, 0.1) is 37.0 Å². The molecule has 1 aliphatic rings. The van der Waals surface area contributed by atoms with Gasteiger partial charge in [-0.15, -0.1) is 0 Å². The van der Waals surface area contributed by atoms with E-state index >= 15 is 0 Å². The quantitative estimate of drug-likeness (QED) is 0.0134. The molecule has 2 aromatic heterocycles. The average Bonchev–Trinajstić information content (AvgIpc) is 1.43. The summed E-state index contributed by atoms with van der Waals surface area (Å²) in [5.74, 6) is -15.9. The molecular weight excluding hydrogens is 1540 g/mol. The van der Waals surface area contributed by atoms with Crippen LogP contribution in [0.4, 0.5) is 0 Å². The minimum absolute atomic E-state index is 0.0998. The number of fused-ring (bicyclic) bond motifs is 1. The van der Waals surface area contributed by atoms with Crippen LogP contribution >= 0.6 is 21.6 Å². The van der Waals surface area contributed by atoms with E-state index in [2.05, 4.69) is 79.9 Å². The van der Waals surface area contributed by atoms with Gasteiger partial charge in [0.1, 0.15) is 54.9 Å². The molecule has 3 heterocycles. The van der Waals surface area contributed by atoms with Crippen molar-refractivity contribution in [3.8, 4) is 0 Å². The van der Waals surface area contributed by atoms with Crippen LogP contribution in [-0.4, -0.2) is 324 Å². The highest BCUT2D eigenvalue weighted by molar-refractivity contribution is 8.76. The second-order valence-electron chi connectivity index (χ2n) is 26.6. The first kappa shape index (κ1) is 92.7. The van der Waals surface area contributed by atoms with Crippen molar-refractivity contribution >= 4 is 121 Å². The van der Waals surface area contributed by atoms with Crippen LogP contribution in [-0.2, 0) is 30.5 Å². The van der Waals surface area contributed by atoms with E-state index in [1.807, 2.05) is 0 Å². The molecule has 0 fully saturated rings. The highest BCUT2D eigenvalue weighted by Gasteiger charge is 2.34. The van der Waals surface area contributed by atoms with Crippen molar-refractivity contribution in [3.63, 3.8) is 0 Å². The molecule has 26 N–H and O–H groups in total. The fraction of sp³-hybridized carbons (Fsp3) is 0.473. The number of benzene rings is 3. The third-order valence-electron chi connectivity index (χ3n) is 17.2. The number of carbonyl (C=O) groups is 1. The van der Waals surface area contributed by atoms with Crippen LogP contribution in [0.1, 0.15) is 88.1 Å². The number of aliphatic imine (C=N–C) groups is 13. The standard InChI is InChI=1S/C74H102N20O19S2/c1-39(77)62(100)82-35-59(99)83-56-37-114-115-38-57(74(112)113)92-70(108)55(36-95)91-73(111)61(41(3)97)94-69(107)53(31-45-34-79-26-27-80-45)90-72(110)60(40(2)96)93-64(102)49(23-13-15-25-76)84-67(105)52(30-44-33-81-47-21-11-10-20-46(44)47)88-66(104)51(29-43-18-8-5-9-19-43)86-65(103)50(28-42-16-6-4-7-17-42)87-68(106)54(32-58(78)98)89-63(101)48(85-71(56)109)22-12-14-24-75/h4-11,16-21,26-27,33-34,39-41,48-57,60-61,81,95-97H,12-15,22-25,28-32,35-38,75-77H2,1-3H3,(H2,78,98)(H,82,100)(H,83,99)(H,84,105)(H,85,109)(H,86,103)(H,87,106)(H,88,104)(H,89,101)(H,90,110)(H,91,111)(H,92,108)(H,93,102)(H,94,107)(H,112,113)/t39-,40?,41?,48-,49+,50-,51+,52-,53-,54+,55-,56-,57-,60+,61+/m0/s1. The number of H-pyrrole nitrogens is 1. The maximum atomic E-state index is 12.8. The molecule has 0 saturated carbocycles. The van der Waals surface area contributed by atoms with Crippen molar-refractivity contribution in [3.05, 3.63) is 132 Å². The van der Waals surface area contributed by atoms with Crippen LogP contribution < -0.4 is 17.2 Å². The number of aromatic amines is 1. The maximum absolute atomic E-state index is 12.8. The van der Waals surface area contributed by atoms with Gasteiger partial charge in [0.15, 0.2) is 36.0 Å². The molecule has 0 bridgehead atoms. The van der Waals surface area contributed by atoms with Crippen LogP contribution in [0.3, 0.4) is 0 Å². The number of nitrogens with zero attached hydrogens (tertiary/aromatic N) is 15. The summed E-state index contributed by atoms with van der Waals surface area (Å²) in [6, 6.07) is 1.98. The molecule has 624 valence electrons. The molecule has 0 aliphatic carbocycles. The first-order valence-electron chi connectivity index (χ1n) is 36.6. The number of nitrogens with two attached hydrogens (primary N) is 3. The van der Waals surface area contributed by atoms with Crippen molar-refractivity contribution in [2.75, 3.05) is 37.7 Å². The normalized spacial score (nSPS) is 24.2. The Hall–Kier alpha value is -11.2. The largest absolute Gasteiger partial charge is 0.497 e. The summed E-state index contributed by atoms with van der Waals surface area (Å²) in [5.41, 5.74) is 19.8. The van der Waals surface area contributed by atoms with E-state index in [0.717, 1.165) is 35.4 Å². The Morgan fingerprint density at radius 3 is 1.48 bits per heavy atom. The average molecular weight is 1640 g/mol. The number of carboxylic acids is 1. The van der Waals surface area contributed by atoms with Gasteiger partial charge < -0.3 is 114 Å². The van der Waals surface area contributed by atoms with E-state index in [1.165, 1.54) is 25.5 Å². The second kappa shape index (κ2) is 47.5. The van der Waals surface area contributed by atoms with Crippen LogP contribution in [0.2, 0.25) is 0 Å². The summed E-state index contributed by atoms with van der Waals surface area (Å²) >= 11 is 0. The summed E-state index contributed by atoms with van der Waals surface area (Å²) in [7, 11) is 1.55. The molecule has 1 aliphatic heterocycles. The van der Waals surface area contributed by atoms with Crippen LogP contribution in [0.15, 0.2) is 175 Å². The molecule has 3 aromatic carbocycles. The molecule has 115 heavy (non-hydrogen) atoms. The van der Waals surface area contributed by atoms with Gasteiger partial charge in [0.2, 0.25) is 70.8 Å². The molecule has 2 unspecified atom stereocenters. The number of aliphatic carboxylic acids is 1. The molecular formula is C74H102N20O19S2. The first-order chi connectivity index (χ1) is 54.9. The minimum Gasteiger partial charge on any atom is -0.497 e. The predicted octanol–water partition coefficient (Wildman–Crippen LogP) is 5.85. The van der Waals surface area contributed by atoms with Crippen LogP contribution in [0.5, 0.6) is 0 Å². The molecule has 0 amide bonds. The Morgan fingerprint density at radius 2 is 0.974 bits per heavy atom. The summed E-state index contributed by atoms with van der Waals surface area (Å²) in [5, 5.41) is 216. The molecule has 0 spiro atoms. The lowest BCUT2D eigenvalue weighted by atomic mass is 10.0. The summed E-state index contributed by atoms with van der Waals surface area (Å²) in [6.07, 6.45) is 0.667. The number of aliphatic hydroxyl groups excluding tert-OH is 17. The zero-order chi connectivity index (χ0) is 84.3. The van der Waals surface area contributed by atoms with Crippen molar-refractivity contribution in [1.29, 1.82) is 5.41 Å². The van der Waals surface area contributed by atoms with Crippen LogP contribution in [0.25, 0.3) is 10.9 Å². The number of hydrogen-bond donors (Lipinski definition) is 23. The third-order valence-corrected chi connectivity index (χ3v) is 19.6. The number of unbranched alkanes of at least 4 members (excludes halogenated alkanes) is 2. The van der Waals surface area contributed by atoms with E-state index in [-0.39, 0.29) is 63.7 Å². The Labute approximate surface area is 669 Å². The van der Waals surface area contributed by atoms with E-state index in [9.17, 15) is 96.7 Å². The zero-order valence-electron chi connectivity index (χ0n) is 63.3. The van der Waals surface area contributed by atoms with E-state index in [1.54, 1.807) is 91.1 Å². The monoisotopic (exact) mass is 1640 g/mol. The van der Waals surface area contributed by atoms with Gasteiger partial charge in [0, 0.05) is 72.9 Å². The predicted molar refractivity (Wildman–Crippen MR) is 447 cm³/mol. The smallest absolute Gasteiger partial charge is 0.329 e. The Kier molecular flexibility index (Phi) is 38.2. The van der Waals surface area contributed by atoms with Crippen LogP contribution in [0, 0.1) is 5.41 Å². The molecule has 15 atom stereocenters. The van der Waals surface area contributed by atoms with Gasteiger partial charge in [-0.25, -0.2) is 69.7 Å². The van der Waals surface area contributed by atoms with E-state index in [4.69, 9.17) is 22.6 Å². The Morgan fingerprint density at radius 1 is 0.530 bits per heavy atom. The lowest BCUT2D eigenvalue weighted by molar-refractivity contribution is -0.137. The van der Waals surface area contributed by atoms with E-state index < -0.39 is 217 Å². The number of aromatic nitrogens is 3. The lowest BCUT2D eigenvalue weighted by Crippen LogP contribution is -2.38. The number of para-hydroxylation sites is 1. The highest BCUT2D eigenvalue weighted by atomic mass is 33.1. The maximum Gasteiger partial charge on any atom is 0.329 e. The molecule has 39 nitrogen and oxygen atoms in total. The lowest BCUT2D eigenvalue weighted by Gasteiger charge is -2.21. The SMILES string of the molecule is CC(O)[C@H]1N=C(O)[C@H](Cc2cnccn2)N=C(O)[C@@H](C(C)O)N=C(O)[C@@H](CCCCN)N=C(O)[C@H](Cc2c[nH]c3ccccc23)N=C(O)[C@@H](Cc2ccccc2)N=C(O)[C@H](Cc2ccccc2)N=C(O)[C@@H](CC(=N)O)N=C(O)[C@H](CCCCN)N=C(O)[C@@H](N=C(O)CN=C(O)[C@H](C)N)CSSC[C@@H](C(=O)O)N=C(O)[C@H](CO)N=C1O. The van der Waals surface area contributed by atoms with Crippen molar-refractivity contribution < 1.29 is 96.7 Å². The Balaban J connectivity index is 1.66. The summed E-state index contributed by atoms with van der Waals surface area (Å²) in [6.45, 7) is 2.06. The fourth-order valence-electron chi connectivity index (χ4n) is 11.1.